The quantitative estimate of drug-likeness (QED) is 0.462. The van der Waals surface area contributed by atoms with E-state index in [1.165, 1.54) is 34.9 Å². The molecule has 3 heteroatoms. The maximum absolute atomic E-state index is 6.03. The molecule has 29 heavy (non-hydrogen) atoms. The molecule has 0 atom stereocenters. The van der Waals surface area contributed by atoms with Gasteiger partial charge in [-0.15, -0.1) is 0 Å². The van der Waals surface area contributed by atoms with Crippen LogP contribution in [0.15, 0.2) is 85.1 Å². The molecule has 5 rings (SSSR count). The van der Waals surface area contributed by atoms with E-state index in [1.54, 1.807) is 0 Å². The topological polar surface area (TPSA) is 26.2 Å². The first-order valence-electron chi connectivity index (χ1n) is 10.5. The predicted octanol–water partition coefficient (Wildman–Crippen LogP) is 5.95. The van der Waals surface area contributed by atoms with Gasteiger partial charge in [-0.2, -0.15) is 0 Å². The maximum atomic E-state index is 6.03. The lowest BCUT2D eigenvalue weighted by molar-refractivity contribution is 0.461. The van der Waals surface area contributed by atoms with Gasteiger partial charge in [0.1, 0.15) is 11.5 Å². The van der Waals surface area contributed by atoms with Crippen molar-refractivity contribution in [2.24, 2.45) is 0 Å². The number of rotatable bonds is 5. The highest BCUT2D eigenvalue weighted by Gasteiger charge is 2.20. The van der Waals surface area contributed by atoms with Gasteiger partial charge in [0.05, 0.1) is 0 Å². The molecule has 0 unspecified atom stereocenters. The smallest absolute Gasteiger partial charge is 0.127 e. The van der Waals surface area contributed by atoms with Crippen LogP contribution < -0.4 is 10.1 Å². The number of benzene rings is 3. The fraction of sp³-hybridized carbons (Fsp3) is 0.231. The molecule has 0 amide bonds. The largest absolute Gasteiger partial charge is 0.457 e. The van der Waals surface area contributed by atoms with Gasteiger partial charge in [-0.3, -0.25) is 0 Å². The third kappa shape index (κ3) is 3.92. The van der Waals surface area contributed by atoms with E-state index in [0.29, 0.717) is 5.92 Å². The molecule has 3 nitrogen and oxygen atoms in total. The molecule has 0 bridgehead atoms. The van der Waals surface area contributed by atoms with Crippen LogP contribution in [0, 0.1) is 0 Å². The Labute approximate surface area is 171 Å². The van der Waals surface area contributed by atoms with Crippen molar-refractivity contribution < 1.29 is 4.74 Å². The first-order valence-corrected chi connectivity index (χ1v) is 10.5. The molecule has 2 heterocycles. The number of hydrogen-bond donors (Lipinski definition) is 1. The molecule has 3 aromatic carbocycles. The molecule has 0 aliphatic carbocycles. The first kappa shape index (κ1) is 18.0. The van der Waals surface area contributed by atoms with Crippen LogP contribution in [0.25, 0.3) is 10.9 Å². The highest BCUT2D eigenvalue weighted by molar-refractivity contribution is 5.84. The summed E-state index contributed by atoms with van der Waals surface area (Å²) in [5, 5.41) is 4.88. The molecule has 0 spiro atoms. The third-order valence-corrected chi connectivity index (χ3v) is 5.83. The van der Waals surface area contributed by atoms with Crippen molar-refractivity contribution in [3.05, 3.63) is 96.2 Å². The van der Waals surface area contributed by atoms with E-state index >= 15 is 0 Å². The Morgan fingerprint density at radius 3 is 2.45 bits per heavy atom. The Hall–Kier alpha value is -3.04. The highest BCUT2D eigenvalue weighted by Crippen LogP contribution is 2.33. The van der Waals surface area contributed by atoms with Gasteiger partial charge in [0.15, 0.2) is 0 Å². The van der Waals surface area contributed by atoms with Gasteiger partial charge in [-0.1, -0.05) is 48.5 Å². The van der Waals surface area contributed by atoms with Crippen LogP contribution in [0.4, 0.5) is 0 Å². The summed E-state index contributed by atoms with van der Waals surface area (Å²) in [6.45, 7) is 3.07. The van der Waals surface area contributed by atoms with Crippen LogP contribution in [0.3, 0.4) is 0 Å². The number of piperidine rings is 1. The molecule has 1 aliphatic rings. The lowest BCUT2D eigenvalue weighted by atomic mass is 9.90. The van der Waals surface area contributed by atoms with E-state index in [1.807, 2.05) is 36.4 Å². The van der Waals surface area contributed by atoms with E-state index in [2.05, 4.69) is 58.5 Å². The zero-order valence-electron chi connectivity index (χ0n) is 16.6. The molecule has 1 aliphatic heterocycles. The summed E-state index contributed by atoms with van der Waals surface area (Å²) in [6.07, 6.45) is 4.81. The van der Waals surface area contributed by atoms with Crippen LogP contribution in [0.5, 0.6) is 11.5 Å². The lowest BCUT2D eigenvalue weighted by Gasteiger charge is -2.22. The summed E-state index contributed by atoms with van der Waals surface area (Å²) in [6, 6.07) is 27.2. The SMILES string of the molecule is c1ccc(Oc2cccc(Cn3cc(C4CCNCC4)c4ccccc43)c2)cc1. The number of fused-ring (bicyclic) bond motifs is 1. The number of aromatic nitrogens is 1. The normalized spacial score (nSPS) is 14.9. The summed E-state index contributed by atoms with van der Waals surface area (Å²) < 4.78 is 8.43. The van der Waals surface area contributed by atoms with Crippen molar-refractivity contribution >= 4 is 10.9 Å². The van der Waals surface area contributed by atoms with Crippen molar-refractivity contribution in [2.45, 2.75) is 25.3 Å². The monoisotopic (exact) mass is 382 g/mol. The van der Waals surface area contributed by atoms with E-state index in [0.717, 1.165) is 31.1 Å². The molecule has 0 radical (unpaired) electrons. The molecule has 0 saturated carbocycles. The van der Waals surface area contributed by atoms with Crippen molar-refractivity contribution in [1.29, 1.82) is 0 Å². The molecular weight excluding hydrogens is 356 g/mol. The molecule has 146 valence electrons. The number of para-hydroxylation sites is 2. The number of nitrogens with zero attached hydrogens (tertiary/aromatic N) is 1. The summed E-state index contributed by atoms with van der Waals surface area (Å²) in [5.41, 5.74) is 4.06. The Bertz CT molecular complexity index is 1090. The predicted molar refractivity (Wildman–Crippen MR) is 119 cm³/mol. The van der Waals surface area contributed by atoms with Crippen LogP contribution >= 0.6 is 0 Å². The summed E-state index contributed by atoms with van der Waals surface area (Å²) in [7, 11) is 0. The number of nitrogens with one attached hydrogen (secondary N) is 1. The maximum Gasteiger partial charge on any atom is 0.127 e. The van der Waals surface area contributed by atoms with Gasteiger partial charge < -0.3 is 14.6 Å². The van der Waals surface area contributed by atoms with Gasteiger partial charge in [0.25, 0.3) is 0 Å². The number of hydrogen-bond acceptors (Lipinski definition) is 2. The molecule has 4 aromatic rings. The standard InChI is InChI=1S/C26H26N2O/c1-2-8-22(9-3-1)29-23-10-6-7-20(17-23)18-28-19-25(21-13-15-27-16-14-21)24-11-4-5-12-26(24)28/h1-12,17,19,21,27H,13-16,18H2. The van der Waals surface area contributed by atoms with Crippen molar-refractivity contribution in [1.82, 2.24) is 9.88 Å². The fourth-order valence-corrected chi connectivity index (χ4v) is 4.39. The van der Waals surface area contributed by atoms with E-state index in [9.17, 15) is 0 Å². The van der Waals surface area contributed by atoms with E-state index in [-0.39, 0.29) is 0 Å². The first-order chi connectivity index (χ1) is 14.4. The van der Waals surface area contributed by atoms with Crippen molar-refractivity contribution in [3.63, 3.8) is 0 Å². The van der Waals surface area contributed by atoms with Crippen LogP contribution in [-0.4, -0.2) is 17.7 Å². The molecule has 1 N–H and O–H groups in total. The summed E-state index contributed by atoms with van der Waals surface area (Å²) >= 11 is 0. The molecule has 1 saturated heterocycles. The minimum absolute atomic E-state index is 0.648. The minimum Gasteiger partial charge on any atom is -0.457 e. The second-order valence-corrected chi connectivity index (χ2v) is 7.82. The van der Waals surface area contributed by atoms with Gasteiger partial charge in [0.2, 0.25) is 0 Å². The van der Waals surface area contributed by atoms with E-state index < -0.39 is 0 Å². The zero-order valence-corrected chi connectivity index (χ0v) is 16.6. The van der Waals surface area contributed by atoms with Gasteiger partial charge in [-0.25, -0.2) is 0 Å². The Morgan fingerprint density at radius 1 is 0.828 bits per heavy atom. The average molecular weight is 383 g/mol. The van der Waals surface area contributed by atoms with Crippen LogP contribution in [0.2, 0.25) is 0 Å². The average Bonchev–Trinajstić information content (AvgIpc) is 3.14. The van der Waals surface area contributed by atoms with Crippen molar-refractivity contribution in [2.75, 3.05) is 13.1 Å². The summed E-state index contributed by atoms with van der Waals surface area (Å²) in [4.78, 5) is 0. The third-order valence-electron chi connectivity index (χ3n) is 5.83. The molecule has 1 fully saturated rings. The minimum atomic E-state index is 0.648. The molecular formula is C26H26N2O. The Kier molecular flexibility index (Phi) is 5.06. The van der Waals surface area contributed by atoms with Crippen LogP contribution in [0.1, 0.15) is 29.9 Å². The second kappa shape index (κ2) is 8.14. The van der Waals surface area contributed by atoms with Crippen LogP contribution in [-0.2, 0) is 6.54 Å². The van der Waals surface area contributed by atoms with E-state index in [4.69, 9.17) is 4.74 Å². The van der Waals surface area contributed by atoms with Gasteiger partial charge >= 0.3 is 0 Å². The van der Waals surface area contributed by atoms with Gasteiger partial charge in [0, 0.05) is 23.6 Å². The van der Waals surface area contributed by atoms with Crippen molar-refractivity contribution in [3.8, 4) is 11.5 Å². The molecule has 1 aromatic heterocycles. The lowest BCUT2D eigenvalue weighted by Crippen LogP contribution is -2.26. The second-order valence-electron chi connectivity index (χ2n) is 7.82. The summed E-state index contributed by atoms with van der Waals surface area (Å²) in [5.74, 6) is 2.39. The Morgan fingerprint density at radius 2 is 1.59 bits per heavy atom. The van der Waals surface area contributed by atoms with Gasteiger partial charge in [-0.05, 0) is 73.3 Å². The highest BCUT2D eigenvalue weighted by atomic mass is 16.5. The number of ether oxygens (including phenoxy) is 1. The fourth-order valence-electron chi connectivity index (χ4n) is 4.39. The Balaban J connectivity index is 1.44. The zero-order chi connectivity index (χ0) is 19.5.